The lowest BCUT2D eigenvalue weighted by atomic mass is 10.2. The smallest absolute Gasteiger partial charge is 0.327 e. The molecule has 0 saturated heterocycles. The van der Waals surface area contributed by atoms with Crippen LogP contribution in [0.3, 0.4) is 0 Å². The molecule has 0 amide bonds. The minimum atomic E-state index is -1.54. The van der Waals surface area contributed by atoms with Gasteiger partial charge in [0.05, 0.1) is 13.2 Å². The molecule has 2 aromatic carbocycles. The fourth-order valence-corrected chi connectivity index (χ4v) is 8.69. The standard InChI is InChI=1S/C19H24Cl2O2Si2/c1-4-19(24(20)22-13-17-9-5-15(2)6-10-17)25(21)23-14-18-11-7-16(3)8-12-18/h5-12,19H,4,13-14H2,1-3H3. The Kier molecular flexibility index (Phi) is 8.69. The van der Waals surface area contributed by atoms with Crippen LogP contribution in [0.1, 0.15) is 35.6 Å². The number of benzene rings is 2. The third-order valence-corrected chi connectivity index (χ3v) is 11.6. The second-order valence-corrected chi connectivity index (χ2v) is 12.1. The van der Waals surface area contributed by atoms with Crippen molar-refractivity contribution in [1.82, 2.24) is 0 Å². The molecular weight excluding hydrogens is 387 g/mol. The maximum atomic E-state index is 6.57. The summed E-state index contributed by atoms with van der Waals surface area (Å²) in [4.78, 5) is 0. The van der Waals surface area contributed by atoms with Crippen molar-refractivity contribution < 1.29 is 8.85 Å². The van der Waals surface area contributed by atoms with Crippen molar-refractivity contribution in [2.45, 2.75) is 45.6 Å². The number of hydrogen-bond acceptors (Lipinski definition) is 2. The fourth-order valence-electron chi connectivity index (χ4n) is 2.28. The van der Waals surface area contributed by atoms with Gasteiger partial charge in [0, 0.05) is 5.16 Å². The highest BCUT2D eigenvalue weighted by Gasteiger charge is 2.33. The average Bonchev–Trinajstić information content (AvgIpc) is 2.61. The molecule has 0 N–H and O–H groups in total. The van der Waals surface area contributed by atoms with E-state index >= 15 is 0 Å². The van der Waals surface area contributed by atoms with Gasteiger partial charge in [-0.1, -0.05) is 73.0 Å². The summed E-state index contributed by atoms with van der Waals surface area (Å²) in [6.07, 6.45) is 0.872. The summed E-state index contributed by atoms with van der Waals surface area (Å²) in [5.74, 6) is 0. The van der Waals surface area contributed by atoms with E-state index in [2.05, 4.69) is 69.3 Å². The molecule has 0 spiro atoms. The largest absolute Gasteiger partial charge is 0.398 e. The van der Waals surface area contributed by atoms with E-state index < -0.39 is 16.7 Å². The third-order valence-electron chi connectivity index (χ3n) is 3.95. The summed E-state index contributed by atoms with van der Waals surface area (Å²) in [6.45, 7) is 7.29. The van der Waals surface area contributed by atoms with Crippen molar-refractivity contribution in [2.24, 2.45) is 0 Å². The highest BCUT2D eigenvalue weighted by Crippen LogP contribution is 2.27. The van der Waals surface area contributed by atoms with Crippen LogP contribution in [0.25, 0.3) is 0 Å². The molecule has 0 fully saturated rings. The van der Waals surface area contributed by atoms with Gasteiger partial charge in [-0.2, -0.15) is 0 Å². The zero-order valence-corrected chi connectivity index (χ0v) is 18.4. The second kappa shape index (κ2) is 10.5. The summed E-state index contributed by atoms with van der Waals surface area (Å²) < 4.78 is 11.9. The molecule has 0 aliphatic heterocycles. The maximum Gasteiger partial charge on any atom is 0.327 e. The Morgan fingerprint density at radius 2 is 1.12 bits per heavy atom. The Morgan fingerprint density at radius 1 is 0.760 bits per heavy atom. The SMILES string of the molecule is CCC([Si](Cl)OCc1ccc(C)cc1)[Si](Cl)OCc1ccc(C)cc1. The first-order chi connectivity index (χ1) is 12.0. The molecule has 0 heterocycles. The zero-order chi connectivity index (χ0) is 18.2. The summed E-state index contributed by atoms with van der Waals surface area (Å²) in [5.41, 5.74) is 4.74. The van der Waals surface area contributed by atoms with Gasteiger partial charge in [0.2, 0.25) is 0 Å². The topological polar surface area (TPSA) is 18.5 Å². The van der Waals surface area contributed by atoms with Crippen molar-refractivity contribution in [3.05, 3.63) is 70.8 Å². The van der Waals surface area contributed by atoms with Crippen molar-refractivity contribution in [2.75, 3.05) is 0 Å². The minimum absolute atomic E-state index is 0.120. The first kappa shape index (κ1) is 20.7. The van der Waals surface area contributed by atoms with Crippen LogP contribution < -0.4 is 0 Å². The van der Waals surface area contributed by atoms with E-state index in [-0.39, 0.29) is 5.16 Å². The molecule has 0 bridgehead atoms. The molecular formula is C19H24Cl2O2Si2. The van der Waals surface area contributed by atoms with Crippen molar-refractivity contribution in [1.29, 1.82) is 0 Å². The van der Waals surface area contributed by atoms with Gasteiger partial charge in [0.1, 0.15) is 0 Å². The molecule has 0 unspecified atom stereocenters. The highest BCUT2D eigenvalue weighted by molar-refractivity contribution is 7.16. The predicted molar refractivity (Wildman–Crippen MR) is 109 cm³/mol. The van der Waals surface area contributed by atoms with Gasteiger partial charge in [0.15, 0.2) is 0 Å². The molecule has 2 aromatic rings. The van der Waals surface area contributed by atoms with E-state index in [9.17, 15) is 0 Å². The molecule has 0 aliphatic rings. The van der Waals surface area contributed by atoms with Crippen LogP contribution >= 0.6 is 22.2 Å². The van der Waals surface area contributed by atoms with E-state index in [4.69, 9.17) is 31.0 Å². The van der Waals surface area contributed by atoms with Crippen molar-refractivity contribution >= 4 is 38.9 Å². The van der Waals surface area contributed by atoms with E-state index in [0.717, 1.165) is 17.5 Å². The Hall–Kier alpha value is -0.626. The molecule has 25 heavy (non-hydrogen) atoms. The van der Waals surface area contributed by atoms with E-state index in [1.165, 1.54) is 11.1 Å². The quantitative estimate of drug-likeness (QED) is 0.383. The number of rotatable bonds is 9. The molecule has 0 aliphatic carbocycles. The number of aryl methyl sites for hydroxylation is 2. The zero-order valence-electron chi connectivity index (χ0n) is 14.9. The van der Waals surface area contributed by atoms with Crippen LogP contribution in [0, 0.1) is 13.8 Å². The van der Waals surface area contributed by atoms with Gasteiger partial charge >= 0.3 is 16.7 Å². The van der Waals surface area contributed by atoms with E-state index in [1.54, 1.807) is 0 Å². The van der Waals surface area contributed by atoms with Crippen molar-refractivity contribution in [3.63, 3.8) is 0 Å². The Morgan fingerprint density at radius 3 is 1.44 bits per heavy atom. The normalized spacial score (nSPS) is 11.7. The molecule has 2 radical (unpaired) electrons. The molecule has 2 rings (SSSR count). The number of halogens is 2. The lowest BCUT2D eigenvalue weighted by molar-refractivity contribution is 0.298. The first-order valence-electron chi connectivity index (χ1n) is 8.41. The van der Waals surface area contributed by atoms with E-state index in [0.29, 0.717) is 13.2 Å². The van der Waals surface area contributed by atoms with Gasteiger partial charge in [0.25, 0.3) is 0 Å². The van der Waals surface area contributed by atoms with Gasteiger partial charge < -0.3 is 8.85 Å². The molecule has 134 valence electrons. The average molecular weight is 411 g/mol. The van der Waals surface area contributed by atoms with Crippen LogP contribution in [-0.2, 0) is 22.1 Å². The van der Waals surface area contributed by atoms with Crippen LogP contribution in [0.2, 0.25) is 5.16 Å². The van der Waals surface area contributed by atoms with Crippen LogP contribution in [0.5, 0.6) is 0 Å². The third kappa shape index (κ3) is 6.89. The maximum absolute atomic E-state index is 6.57. The Bertz CT molecular complexity index is 579. The minimum Gasteiger partial charge on any atom is -0.398 e. The lowest BCUT2D eigenvalue weighted by Crippen LogP contribution is -2.30. The highest BCUT2D eigenvalue weighted by atomic mass is 35.6. The fraction of sp³-hybridized carbons (Fsp3) is 0.368. The predicted octanol–water partition coefficient (Wildman–Crippen LogP) is 5.81. The Balaban J connectivity index is 1.83. The Labute approximate surface area is 163 Å². The summed E-state index contributed by atoms with van der Waals surface area (Å²) >= 11 is 13.1. The van der Waals surface area contributed by atoms with Gasteiger partial charge in [-0.15, -0.1) is 22.2 Å². The van der Waals surface area contributed by atoms with Gasteiger partial charge in [-0.05, 0) is 25.0 Å². The van der Waals surface area contributed by atoms with E-state index in [1.807, 2.05) is 0 Å². The molecule has 0 atom stereocenters. The lowest BCUT2D eigenvalue weighted by Gasteiger charge is -2.21. The summed E-state index contributed by atoms with van der Waals surface area (Å²) in [7, 11) is -3.07. The van der Waals surface area contributed by atoms with Crippen LogP contribution in [0.4, 0.5) is 0 Å². The molecule has 2 nitrogen and oxygen atoms in total. The molecule has 0 saturated carbocycles. The van der Waals surface area contributed by atoms with Crippen LogP contribution in [0.15, 0.2) is 48.5 Å². The van der Waals surface area contributed by atoms with Crippen molar-refractivity contribution in [3.8, 4) is 0 Å². The molecule has 0 aromatic heterocycles. The first-order valence-corrected chi connectivity index (χ1v) is 13.4. The molecule has 6 heteroatoms. The second-order valence-electron chi connectivity index (χ2n) is 6.12. The van der Waals surface area contributed by atoms with Gasteiger partial charge in [-0.25, -0.2) is 0 Å². The summed E-state index contributed by atoms with van der Waals surface area (Å²) in [6, 6.07) is 16.6. The summed E-state index contributed by atoms with van der Waals surface area (Å²) in [5, 5.41) is 0.120. The number of hydrogen-bond donors (Lipinski definition) is 0. The van der Waals surface area contributed by atoms with Crippen LogP contribution in [-0.4, -0.2) is 16.7 Å². The van der Waals surface area contributed by atoms with Gasteiger partial charge in [-0.3, -0.25) is 0 Å². The monoisotopic (exact) mass is 410 g/mol.